The van der Waals surface area contributed by atoms with Crippen molar-refractivity contribution in [1.29, 1.82) is 0 Å². The summed E-state index contributed by atoms with van der Waals surface area (Å²) < 4.78 is 0. The van der Waals surface area contributed by atoms with E-state index in [2.05, 4.69) is 0 Å². The minimum absolute atomic E-state index is 0.0128. The highest BCUT2D eigenvalue weighted by Gasteiger charge is 2.00. The van der Waals surface area contributed by atoms with E-state index in [-0.39, 0.29) is 6.04 Å². The maximum absolute atomic E-state index is 5.67. The number of hydrogen-bond donors (Lipinski definition) is 2. The first-order chi connectivity index (χ1) is 5.76. The van der Waals surface area contributed by atoms with E-state index in [9.17, 15) is 0 Å². The molecule has 0 fully saturated rings. The van der Waals surface area contributed by atoms with Gasteiger partial charge in [-0.1, -0.05) is 32.1 Å². The molecule has 2 heteroatoms. The lowest BCUT2D eigenvalue weighted by Crippen LogP contribution is -2.30. The van der Waals surface area contributed by atoms with E-state index >= 15 is 0 Å². The molecule has 0 aliphatic rings. The Morgan fingerprint density at radius 3 is 2.08 bits per heavy atom. The van der Waals surface area contributed by atoms with Gasteiger partial charge in [-0.25, -0.2) is 0 Å². The van der Waals surface area contributed by atoms with Crippen LogP contribution in [0.2, 0.25) is 0 Å². The summed E-state index contributed by atoms with van der Waals surface area (Å²) in [5.74, 6) is 0. The predicted molar refractivity (Wildman–Crippen MR) is 56.9 cm³/mol. The van der Waals surface area contributed by atoms with E-state index < -0.39 is 0 Å². The van der Waals surface area contributed by atoms with Crippen molar-refractivity contribution in [2.24, 2.45) is 11.5 Å². The molecule has 4 N–H and O–H groups in total. The van der Waals surface area contributed by atoms with Gasteiger partial charge in [-0.2, -0.15) is 0 Å². The number of rotatable bonds is 3. The first-order valence-electron chi connectivity index (χ1n) is 4.50. The van der Waals surface area contributed by atoms with Crippen LogP contribution in [0.25, 0.3) is 0 Å². The van der Waals surface area contributed by atoms with Crippen LogP contribution in [0.5, 0.6) is 0 Å². The quantitative estimate of drug-likeness (QED) is 0.635. The van der Waals surface area contributed by atoms with Gasteiger partial charge in [0.1, 0.15) is 0 Å². The van der Waals surface area contributed by atoms with E-state index in [1.165, 1.54) is 0 Å². The Labute approximate surface area is 76.3 Å². The third-order valence-corrected chi connectivity index (χ3v) is 1.37. The van der Waals surface area contributed by atoms with Gasteiger partial charge in [0.2, 0.25) is 0 Å². The maximum Gasteiger partial charge on any atom is 0.0416 e. The summed E-state index contributed by atoms with van der Waals surface area (Å²) in [6.45, 7) is 8.43. The van der Waals surface area contributed by atoms with Crippen molar-refractivity contribution >= 4 is 0 Å². The molecule has 0 heterocycles. The second-order valence-electron chi connectivity index (χ2n) is 2.13. The predicted octanol–water partition coefficient (Wildman–Crippen LogP) is 1.82. The summed E-state index contributed by atoms with van der Waals surface area (Å²) in [6.07, 6.45) is 5.93. The van der Waals surface area contributed by atoms with Gasteiger partial charge in [0.15, 0.2) is 0 Å². The average molecular weight is 170 g/mol. The molecule has 0 aliphatic carbocycles. The number of hydrogen-bond acceptors (Lipinski definition) is 2. The van der Waals surface area contributed by atoms with Crippen molar-refractivity contribution in [2.45, 2.75) is 33.7 Å². The summed E-state index contributed by atoms with van der Waals surface area (Å²) in [6, 6.07) is -0.0128. The molecular weight excluding hydrogens is 148 g/mol. The fourth-order valence-electron chi connectivity index (χ4n) is 0.762. The van der Waals surface area contributed by atoms with Crippen molar-refractivity contribution in [3.8, 4) is 0 Å². The van der Waals surface area contributed by atoms with E-state index in [0.29, 0.717) is 6.54 Å². The van der Waals surface area contributed by atoms with Crippen LogP contribution in [0.4, 0.5) is 0 Å². The molecule has 2 nitrogen and oxygen atoms in total. The zero-order valence-corrected chi connectivity index (χ0v) is 8.67. The van der Waals surface area contributed by atoms with Crippen molar-refractivity contribution in [2.75, 3.05) is 6.54 Å². The van der Waals surface area contributed by atoms with Gasteiger partial charge in [0.05, 0.1) is 0 Å². The molecule has 0 spiro atoms. The average Bonchev–Trinajstić information content (AvgIpc) is 2.16. The molecule has 0 radical (unpaired) electrons. The zero-order chi connectivity index (χ0) is 9.98. The Bertz CT molecular complexity index is 137. The molecular formula is C10H22N2. The molecule has 0 aliphatic heterocycles. The summed E-state index contributed by atoms with van der Waals surface area (Å²) in [4.78, 5) is 0. The lowest BCUT2D eigenvalue weighted by Gasteiger charge is -2.08. The molecule has 0 saturated heterocycles. The fourth-order valence-corrected chi connectivity index (χ4v) is 0.762. The molecule has 0 bridgehead atoms. The van der Waals surface area contributed by atoms with Crippen molar-refractivity contribution in [1.82, 2.24) is 0 Å². The second-order valence-corrected chi connectivity index (χ2v) is 2.13. The maximum atomic E-state index is 5.67. The van der Waals surface area contributed by atoms with Crippen LogP contribution in [0.1, 0.15) is 27.7 Å². The highest BCUT2D eigenvalue weighted by Crippen LogP contribution is 1.99. The van der Waals surface area contributed by atoms with Crippen LogP contribution < -0.4 is 11.5 Å². The monoisotopic (exact) mass is 170 g/mol. The highest BCUT2D eigenvalue weighted by atomic mass is 14.7. The van der Waals surface area contributed by atoms with Crippen LogP contribution in [-0.2, 0) is 0 Å². The lowest BCUT2D eigenvalue weighted by atomic mass is 10.1. The van der Waals surface area contributed by atoms with Crippen LogP contribution >= 0.6 is 0 Å². The molecule has 1 atom stereocenters. The summed E-state index contributed by atoms with van der Waals surface area (Å²) in [7, 11) is 0. The summed E-state index contributed by atoms with van der Waals surface area (Å²) in [5.41, 5.74) is 12.2. The third kappa shape index (κ3) is 6.13. The van der Waals surface area contributed by atoms with Crippen molar-refractivity contribution < 1.29 is 0 Å². The van der Waals surface area contributed by atoms with Gasteiger partial charge in [-0.3, -0.25) is 0 Å². The molecule has 0 rings (SSSR count). The first-order valence-corrected chi connectivity index (χ1v) is 4.50. The van der Waals surface area contributed by atoms with Crippen LogP contribution in [0, 0.1) is 0 Å². The molecule has 0 aromatic heterocycles. The molecule has 0 aromatic rings. The smallest absolute Gasteiger partial charge is 0.0416 e. The standard InChI is InChI=1S/C8H16N2.C2H6/c1-3-5-7(4-2)8(10)6-9;1-2/h3-5,8H,6,9-10H2,1-2H3;1-2H3/b5-3-,7-4+;. The lowest BCUT2D eigenvalue weighted by molar-refractivity contribution is 0.792. The first kappa shape index (κ1) is 14.0. The van der Waals surface area contributed by atoms with Gasteiger partial charge in [0.25, 0.3) is 0 Å². The van der Waals surface area contributed by atoms with E-state index in [4.69, 9.17) is 11.5 Å². The Morgan fingerprint density at radius 1 is 1.33 bits per heavy atom. The van der Waals surface area contributed by atoms with Crippen molar-refractivity contribution in [3.63, 3.8) is 0 Å². The number of nitrogens with two attached hydrogens (primary N) is 2. The molecule has 72 valence electrons. The minimum Gasteiger partial charge on any atom is -0.329 e. The normalized spacial score (nSPS) is 14.0. The van der Waals surface area contributed by atoms with Crippen LogP contribution in [0.3, 0.4) is 0 Å². The largest absolute Gasteiger partial charge is 0.329 e. The van der Waals surface area contributed by atoms with Gasteiger partial charge < -0.3 is 11.5 Å². The van der Waals surface area contributed by atoms with Gasteiger partial charge >= 0.3 is 0 Å². The van der Waals surface area contributed by atoms with Gasteiger partial charge in [-0.05, 0) is 19.4 Å². The Morgan fingerprint density at radius 2 is 1.83 bits per heavy atom. The Balaban J connectivity index is 0. The summed E-state index contributed by atoms with van der Waals surface area (Å²) >= 11 is 0. The Hall–Kier alpha value is -0.600. The second kappa shape index (κ2) is 10.4. The SMILES string of the molecule is C/C=C\C(=C/C)C(N)CN.CC. The molecule has 0 aromatic carbocycles. The van der Waals surface area contributed by atoms with Gasteiger partial charge in [-0.15, -0.1) is 0 Å². The van der Waals surface area contributed by atoms with Crippen LogP contribution in [0.15, 0.2) is 23.8 Å². The Kier molecular flexibility index (Phi) is 12.1. The molecule has 12 heavy (non-hydrogen) atoms. The minimum atomic E-state index is -0.0128. The van der Waals surface area contributed by atoms with E-state index in [1.807, 2.05) is 45.9 Å². The summed E-state index contributed by atoms with van der Waals surface area (Å²) in [5, 5.41) is 0. The molecule has 0 saturated carbocycles. The fraction of sp³-hybridized carbons (Fsp3) is 0.600. The van der Waals surface area contributed by atoms with Crippen LogP contribution in [-0.4, -0.2) is 12.6 Å². The molecule has 1 unspecified atom stereocenters. The third-order valence-electron chi connectivity index (χ3n) is 1.37. The van der Waals surface area contributed by atoms with E-state index in [0.717, 1.165) is 5.57 Å². The van der Waals surface area contributed by atoms with Crippen molar-refractivity contribution in [3.05, 3.63) is 23.8 Å². The van der Waals surface area contributed by atoms with Gasteiger partial charge in [0, 0.05) is 12.6 Å². The highest BCUT2D eigenvalue weighted by molar-refractivity contribution is 5.23. The molecule has 0 amide bonds. The zero-order valence-electron chi connectivity index (χ0n) is 8.67. The topological polar surface area (TPSA) is 52.0 Å². The van der Waals surface area contributed by atoms with E-state index in [1.54, 1.807) is 0 Å². The number of allylic oxidation sites excluding steroid dienone is 2.